The third-order valence-corrected chi connectivity index (χ3v) is 5.07. The monoisotopic (exact) mass is 292 g/mol. The predicted molar refractivity (Wildman–Crippen MR) is 84.2 cm³/mol. The average Bonchev–Trinajstić information content (AvgIpc) is 3.09. The van der Waals surface area contributed by atoms with Gasteiger partial charge in [0.1, 0.15) is 0 Å². The van der Waals surface area contributed by atoms with Gasteiger partial charge in [0.05, 0.1) is 17.8 Å². The second-order valence-electron chi connectivity index (χ2n) is 5.13. The van der Waals surface area contributed by atoms with E-state index in [1.54, 1.807) is 11.3 Å². The second kappa shape index (κ2) is 7.04. The minimum atomic E-state index is -0.439. The van der Waals surface area contributed by atoms with Crippen molar-refractivity contribution < 1.29 is 5.11 Å². The minimum absolute atomic E-state index is 0.439. The minimum Gasteiger partial charge on any atom is -0.387 e. The summed E-state index contributed by atoms with van der Waals surface area (Å²) in [4.78, 5) is 2.36. The first-order valence-corrected chi connectivity index (χ1v) is 8.30. The molecule has 110 valence electrons. The number of hydrogen-bond donors (Lipinski definition) is 1. The van der Waals surface area contributed by atoms with Gasteiger partial charge in [0, 0.05) is 22.4 Å². The van der Waals surface area contributed by atoms with Gasteiger partial charge in [0.25, 0.3) is 0 Å². The largest absolute Gasteiger partial charge is 0.387 e. The molecule has 2 heterocycles. The van der Waals surface area contributed by atoms with Crippen molar-refractivity contribution in [3.05, 3.63) is 39.8 Å². The second-order valence-corrected chi connectivity index (χ2v) is 6.33. The van der Waals surface area contributed by atoms with Crippen LogP contribution in [0.15, 0.2) is 24.4 Å². The first kappa shape index (κ1) is 15.3. The summed E-state index contributed by atoms with van der Waals surface area (Å²) >= 11 is 1.70. The molecule has 20 heavy (non-hydrogen) atoms. The van der Waals surface area contributed by atoms with E-state index < -0.39 is 6.10 Å². The molecule has 2 aromatic rings. The zero-order chi connectivity index (χ0) is 14.5. The normalized spacial score (nSPS) is 13.1. The van der Waals surface area contributed by atoms with E-state index in [0.29, 0.717) is 12.5 Å². The Balaban J connectivity index is 2.02. The average molecular weight is 292 g/mol. The molecule has 0 aromatic carbocycles. The highest BCUT2D eigenvalue weighted by atomic mass is 32.1. The molecule has 0 radical (unpaired) electrons. The van der Waals surface area contributed by atoms with Crippen LogP contribution in [0.5, 0.6) is 0 Å². The molecular formula is C16H24N2OS. The number of thiophene rings is 1. The third-order valence-electron chi connectivity index (χ3n) is 3.74. The van der Waals surface area contributed by atoms with Gasteiger partial charge in [-0.15, -0.1) is 11.3 Å². The van der Waals surface area contributed by atoms with Gasteiger partial charge >= 0.3 is 0 Å². The van der Waals surface area contributed by atoms with Crippen molar-refractivity contribution in [1.29, 1.82) is 0 Å². The number of nitrogens with zero attached hydrogens (tertiary/aromatic N) is 2. The number of aliphatic hydroxyl groups excluding tert-OH is 1. The van der Waals surface area contributed by atoms with Crippen LogP contribution in [0.3, 0.4) is 0 Å². The Hall–Kier alpha value is -1.13. The molecule has 0 aliphatic rings. The van der Waals surface area contributed by atoms with Crippen molar-refractivity contribution >= 4 is 11.3 Å². The van der Waals surface area contributed by atoms with Gasteiger partial charge < -0.3 is 5.11 Å². The van der Waals surface area contributed by atoms with Gasteiger partial charge in [0.15, 0.2) is 0 Å². The fourth-order valence-corrected chi connectivity index (χ4v) is 3.35. The Morgan fingerprint density at radius 1 is 1.20 bits per heavy atom. The van der Waals surface area contributed by atoms with E-state index in [-0.39, 0.29) is 0 Å². The van der Waals surface area contributed by atoms with Crippen molar-refractivity contribution in [2.75, 3.05) is 0 Å². The van der Waals surface area contributed by atoms with E-state index >= 15 is 0 Å². The van der Waals surface area contributed by atoms with Gasteiger partial charge in [-0.2, -0.15) is 5.10 Å². The SMILES string of the molecule is CCc1ccc(C(O)Cc2ccn(C(CC)CC)n2)s1. The molecule has 0 aliphatic carbocycles. The molecular weight excluding hydrogens is 268 g/mol. The van der Waals surface area contributed by atoms with E-state index in [0.717, 1.165) is 29.8 Å². The van der Waals surface area contributed by atoms with Gasteiger partial charge in [-0.25, -0.2) is 0 Å². The molecule has 0 saturated carbocycles. The topological polar surface area (TPSA) is 38.0 Å². The lowest BCUT2D eigenvalue weighted by molar-refractivity contribution is 0.180. The van der Waals surface area contributed by atoms with Crippen LogP contribution in [0.4, 0.5) is 0 Å². The molecule has 0 amide bonds. The lowest BCUT2D eigenvalue weighted by Crippen LogP contribution is -2.08. The van der Waals surface area contributed by atoms with E-state index in [1.807, 2.05) is 23.0 Å². The Kier molecular flexibility index (Phi) is 5.38. The van der Waals surface area contributed by atoms with Crippen LogP contribution in [-0.2, 0) is 12.8 Å². The van der Waals surface area contributed by atoms with Crippen molar-refractivity contribution in [1.82, 2.24) is 9.78 Å². The highest BCUT2D eigenvalue weighted by molar-refractivity contribution is 7.12. The van der Waals surface area contributed by atoms with Crippen LogP contribution >= 0.6 is 11.3 Å². The maximum Gasteiger partial charge on any atom is 0.0938 e. The van der Waals surface area contributed by atoms with E-state index in [1.165, 1.54) is 4.88 Å². The summed E-state index contributed by atoms with van der Waals surface area (Å²) in [6.07, 6.45) is 5.39. The quantitative estimate of drug-likeness (QED) is 0.832. The summed E-state index contributed by atoms with van der Waals surface area (Å²) in [6.45, 7) is 6.50. The standard InChI is InChI=1S/C16H24N2OS/c1-4-13(5-2)18-10-9-12(17-18)11-15(19)16-8-7-14(6-3)20-16/h7-10,13,15,19H,4-6,11H2,1-3H3. The number of aromatic nitrogens is 2. The molecule has 1 N–H and O–H groups in total. The molecule has 0 bridgehead atoms. The Labute approximate surface area is 125 Å². The van der Waals surface area contributed by atoms with Crippen LogP contribution < -0.4 is 0 Å². The van der Waals surface area contributed by atoms with Crippen molar-refractivity contribution in [3.63, 3.8) is 0 Å². The van der Waals surface area contributed by atoms with Crippen molar-refractivity contribution in [2.24, 2.45) is 0 Å². The fourth-order valence-electron chi connectivity index (χ4n) is 2.41. The molecule has 0 spiro atoms. The fraction of sp³-hybridized carbons (Fsp3) is 0.562. The van der Waals surface area contributed by atoms with Crippen LogP contribution in [0.2, 0.25) is 0 Å². The van der Waals surface area contributed by atoms with Crippen LogP contribution in [-0.4, -0.2) is 14.9 Å². The molecule has 1 atom stereocenters. The Bertz CT molecular complexity index is 528. The summed E-state index contributed by atoms with van der Waals surface area (Å²) in [6, 6.07) is 6.63. The molecule has 0 saturated heterocycles. The molecule has 1 unspecified atom stereocenters. The summed E-state index contributed by atoms with van der Waals surface area (Å²) in [5, 5.41) is 14.9. The molecule has 3 nitrogen and oxygen atoms in total. The van der Waals surface area contributed by atoms with E-state index in [4.69, 9.17) is 0 Å². The Morgan fingerprint density at radius 3 is 2.55 bits per heavy atom. The molecule has 2 rings (SSSR count). The maximum absolute atomic E-state index is 10.3. The number of hydrogen-bond acceptors (Lipinski definition) is 3. The van der Waals surface area contributed by atoms with Crippen molar-refractivity contribution in [2.45, 2.75) is 58.6 Å². The highest BCUT2D eigenvalue weighted by Gasteiger charge is 2.14. The van der Waals surface area contributed by atoms with Crippen molar-refractivity contribution in [3.8, 4) is 0 Å². The third kappa shape index (κ3) is 3.49. The molecule has 4 heteroatoms. The molecule has 2 aromatic heterocycles. The van der Waals surface area contributed by atoms with Crippen LogP contribution in [0.1, 0.15) is 61.2 Å². The number of rotatable bonds is 7. The number of aryl methyl sites for hydroxylation is 1. The lowest BCUT2D eigenvalue weighted by Gasteiger charge is -2.12. The van der Waals surface area contributed by atoms with Crippen LogP contribution in [0.25, 0.3) is 0 Å². The Morgan fingerprint density at radius 2 is 1.95 bits per heavy atom. The van der Waals surface area contributed by atoms with Gasteiger partial charge in [-0.1, -0.05) is 20.8 Å². The van der Waals surface area contributed by atoms with E-state index in [9.17, 15) is 5.11 Å². The maximum atomic E-state index is 10.3. The first-order chi connectivity index (χ1) is 9.67. The zero-order valence-corrected chi connectivity index (χ0v) is 13.4. The summed E-state index contributed by atoms with van der Waals surface area (Å²) in [7, 11) is 0. The smallest absolute Gasteiger partial charge is 0.0938 e. The zero-order valence-electron chi connectivity index (χ0n) is 12.5. The summed E-state index contributed by atoms with van der Waals surface area (Å²) < 4.78 is 2.04. The molecule has 0 fully saturated rings. The first-order valence-electron chi connectivity index (χ1n) is 7.48. The van der Waals surface area contributed by atoms with Gasteiger partial charge in [-0.05, 0) is 37.5 Å². The van der Waals surface area contributed by atoms with Gasteiger partial charge in [-0.3, -0.25) is 4.68 Å². The number of aliphatic hydroxyl groups is 1. The van der Waals surface area contributed by atoms with Crippen LogP contribution in [0, 0.1) is 0 Å². The van der Waals surface area contributed by atoms with E-state index in [2.05, 4.69) is 31.9 Å². The highest BCUT2D eigenvalue weighted by Crippen LogP contribution is 2.26. The van der Waals surface area contributed by atoms with Gasteiger partial charge in [0.2, 0.25) is 0 Å². The summed E-state index contributed by atoms with van der Waals surface area (Å²) in [5.41, 5.74) is 0.968. The predicted octanol–water partition coefficient (Wildman–Crippen LogP) is 4.14. The molecule has 0 aliphatic heterocycles. The lowest BCUT2D eigenvalue weighted by atomic mass is 10.2. The summed E-state index contributed by atoms with van der Waals surface area (Å²) in [5.74, 6) is 0.